The Hall–Kier alpha value is -3.11. The Labute approximate surface area is 173 Å². The highest BCUT2D eigenvalue weighted by Gasteiger charge is 2.27. The topological polar surface area (TPSA) is 88.4 Å². The van der Waals surface area contributed by atoms with E-state index in [4.69, 9.17) is 9.47 Å². The minimum absolute atomic E-state index is 0.0734. The lowest BCUT2D eigenvalue weighted by molar-refractivity contribution is -0.112. The molecule has 1 heterocycles. The number of nitrogens with zero attached hydrogens (tertiary/aromatic N) is 1. The van der Waals surface area contributed by atoms with Crippen molar-refractivity contribution in [1.29, 1.82) is 5.26 Å². The maximum Gasteiger partial charge on any atom is 0.341 e. The van der Waals surface area contributed by atoms with Gasteiger partial charge in [0.05, 0.1) is 19.3 Å². The number of esters is 1. The van der Waals surface area contributed by atoms with Crippen LogP contribution in [0.4, 0.5) is 5.00 Å². The number of ether oxygens (including phenoxy) is 2. The highest BCUT2D eigenvalue weighted by atomic mass is 32.1. The molecule has 6 nitrogen and oxygen atoms in total. The standard InChI is InChI=1S/C22H22N2O4S/c1-3-28-22(26)19-16-9-5-7-11-18(16)29-21(19)24-20(25)15(13-23)12-14-8-4-6-10-17(14)27-2/h4,6,8,10,12H,3,5,7,9,11H2,1-2H3,(H,24,25)/b15-12-. The molecule has 1 aromatic carbocycles. The summed E-state index contributed by atoms with van der Waals surface area (Å²) in [7, 11) is 1.53. The van der Waals surface area contributed by atoms with E-state index in [1.165, 1.54) is 24.5 Å². The first-order valence-electron chi connectivity index (χ1n) is 9.46. The third-order valence-corrected chi connectivity index (χ3v) is 5.89. The number of hydrogen-bond acceptors (Lipinski definition) is 6. The second kappa shape index (κ2) is 9.39. The number of amides is 1. The number of carbonyl (C=O) groups excluding carboxylic acids is 2. The molecule has 150 valence electrons. The van der Waals surface area contributed by atoms with Crippen LogP contribution in [0.1, 0.15) is 46.1 Å². The maximum atomic E-state index is 12.8. The van der Waals surface area contributed by atoms with Crippen molar-refractivity contribution in [3.05, 3.63) is 51.4 Å². The number of fused-ring (bicyclic) bond motifs is 1. The molecule has 1 amide bonds. The summed E-state index contributed by atoms with van der Waals surface area (Å²) in [5, 5.41) is 12.7. The van der Waals surface area contributed by atoms with E-state index in [9.17, 15) is 14.9 Å². The zero-order valence-electron chi connectivity index (χ0n) is 16.4. The minimum Gasteiger partial charge on any atom is -0.496 e. The van der Waals surface area contributed by atoms with Gasteiger partial charge in [-0.1, -0.05) is 18.2 Å². The Morgan fingerprint density at radius 1 is 1.28 bits per heavy atom. The number of aryl methyl sites for hydroxylation is 1. The quantitative estimate of drug-likeness (QED) is 0.434. The molecular formula is C22H22N2O4S. The van der Waals surface area contributed by atoms with Gasteiger partial charge in [-0.3, -0.25) is 4.79 Å². The van der Waals surface area contributed by atoms with Crippen molar-refractivity contribution in [2.45, 2.75) is 32.6 Å². The largest absolute Gasteiger partial charge is 0.496 e. The van der Waals surface area contributed by atoms with Crippen molar-refractivity contribution in [1.82, 2.24) is 0 Å². The number of benzene rings is 1. The van der Waals surface area contributed by atoms with E-state index >= 15 is 0 Å². The molecule has 0 aliphatic heterocycles. The third kappa shape index (κ3) is 4.49. The van der Waals surface area contributed by atoms with Crippen molar-refractivity contribution in [3.63, 3.8) is 0 Å². The van der Waals surface area contributed by atoms with Gasteiger partial charge in [-0.15, -0.1) is 11.3 Å². The van der Waals surface area contributed by atoms with Crippen LogP contribution in [0.25, 0.3) is 6.08 Å². The molecular weight excluding hydrogens is 388 g/mol. The second-order valence-corrected chi connectivity index (χ2v) is 7.61. The smallest absolute Gasteiger partial charge is 0.341 e. The maximum absolute atomic E-state index is 12.8. The number of nitriles is 1. The average molecular weight is 410 g/mol. The molecule has 3 rings (SSSR count). The molecule has 29 heavy (non-hydrogen) atoms. The Balaban J connectivity index is 1.93. The van der Waals surface area contributed by atoms with Crippen LogP contribution < -0.4 is 10.1 Å². The van der Waals surface area contributed by atoms with E-state index < -0.39 is 11.9 Å². The van der Waals surface area contributed by atoms with Crippen molar-refractivity contribution >= 4 is 34.3 Å². The number of anilines is 1. The van der Waals surface area contributed by atoms with Gasteiger partial charge in [0, 0.05) is 10.4 Å². The first kappa shape index (κ1) is 20.6. The summed E-state index contributed by atoms with van der Waals surface area (Å²) < 4.78 is 10.5. The predicted molar refractivity (Wildman–Crippen MR) is 112 cm³/mol. The Kier molecular flexibility index (Phi) is 6.68. The zero-order valence-corrected chi connectivity index (χ0v) is 17.2. The molecule has 1 aliphatic carbocycles. The highest BCUT2D eigenvalue weighted by Crippen LogP contribution is 2.38. The summed E-state index contributed by atoms with van der Waals surface area (Å²) in [6.07, 6.45) is 5.20. The van der Waals surface area contributed by atoms with Crippen LogP contribution in [0.5, 0.6) is 5.75 Å². The Morgan fingerprint density at radius 2 is 2.03 bits per heavy atom. The molecule has 1 N–H and O–H groups in total. The molecule has 1 aliphatic rings. The number of carbonyl (C=O) groups is 2. The van der Waals surface area contributed by atoms with Gasteiger partial charge in [0.1, 0.15) is 22.4 Å². The van der Waals surface area contributed by atoms with Crippen LogP contribution in [-0.4, -0.2) is 25.6 Å². The first-order valence-corrected chi connectivity index (χ1v) is 10.3. The van der Waals surface area contributed by atoms with E-state index in [0.717, 1.165) is 36.1 Å². The normalized spacial score (nSPS) is 13.2. The van der Waals surface area contributed by atoms with Gasteiger partial charge in [-0.25, -0.2) is 4.79 Å². The van der Waals surface area contributed by atoms with Gasteiger partial charge in [-0.05, 0) is 50.3 Å². The fourth-order valence-corrected chi connectivity index (χ4v) is 4.61. The van der Waals surface area contributed by atoms with E-state index in [0.29, 0.717) is 21.9 Å². The molecule has 0 unspecified atom stereocenters. The van der Waals surface area contributed by atoms with Gasteiger partial charge in [0.15, 0.2) is 0 Å². The van der Waals surface area contributed by atoms with E-state index in [1.54, 1.807) is 25.1 Å². The molecule has 0 saturated carbocycles. The number of methoxy groups -OCH3 is 1. The van der Waals surface area contributed by atoms with Gasteiger partial charge in [0.25, 0.3) is 5.91 Å². The van der Waals surface area contributed by atoms with Crippen LogP contribution in [-0.2, 0) is 22.4 Å². The van der Waals surface area contributed by atoms with Crippen molar-refractivity contribution < 1.29 is 19.1 Å². The minimum atomic E-state index is -0.567. The summed E-state index contributed by atoms with van der Waals surface area (Å²) in [6.45, 7) is 2.01. The first-order chi connectivity index (χ1) is 14.1. The molecule has 7 heteroatoms. The van der Waals surface area contributed by atoms with Crippen LogP contribution in [0.2, 0.25) is 0 Å². The second-order valence-electron chi connectivity index (χ2n) is 6.50. The summed E-state index contributed by atoms with van der Waals surface area (Å²) in [5.41, 5.74) is 1.94. The molecule has 0 spiro atoms. The summed E-state index contributed by atoms with van der Waals surface area (Å²) >= 11 is 1.39. The van der Waals surface area contributed by atoms with Crippen molar-refractivity contribution in [2.24, 2.45) is 0 Å². The Morgan fingerprint density at radius 3 is 2.76 bits per heavy atom. The lowest BCUT2D eigenvalue weighted by Crippen LogP contribution is -2.16. The van der Waals surface area contributed by atoms with E-state index in [-0.39, 0.29) is 12.2 Å². The fraction of sp³-hybridized carbons (Fsp3) is 0.318. The molecule has 0 radical (unpaired) electrons. The van der Waals surface area contributed by atoms with Gasteiger partial charge >= 0.3 is 5.97 Å². The highest BCUT2D eigenvalue weighted by molar-refractivity contribution is 7.17. The van der Waals surface area contributed by atoms with Gasteiger partial charge in [-0.2, -0.15) is 5.26 Å². The summed E-state index contributed by atoms with van der Waals surface area (Å²) in [4.78, 5) is 26.4. The lowest BCUT2D eigenvalue weighted by Gasteiger charge is -2.12. The molecule has 0 bridgehead atoms. The average Bonchev–Trinajstić information content (AvgIpc) is 3.10. The number of hydrogen-bond donors (Lipinski definition) is 1. The van der Waals surface area contributed by atoms with Crippen LogP contribution in [0.15, 0.2) is 29.8 Å². The van der Waals surface area contributed by atoms with Crippen molar-refractivity contribution in [3.8, 4) is 11.8 Å². The Bertz CT molecular complexity index is 1000. The molecule has 0 saturated heterocycles. The lowest BCUT2D eigenvalue weighted by atomic mass is 9.95. The summed E-state index contributed by atoms with van der Waals surface area (Å²) in [5.74, 6) is -0.441. The number of thiophene rings is 1. The molecule has 0 atom stereocenters. The SMILES string of the molecule is CCOC(=O)c1c(NC(=O)/C(C#N)=C\c2ccccc2OC)sc2c1CCCC2. The number of para-hydroxylation sites is 1. The molecule has 1 aromatic heterocycles. The number of nitrogens with one attached hydrogen (secondary N) is 1. The van der Waals surface area contributed by atoms with Gasteiger partial charge < -0.3 is 14.8 Å². The van der Waals surface area contributed by atoms with E-state index in [2.05, 4.69) is 5.32 Å². The third-order valence-electron chi connectivity index (χ3n) is 4.68. The summed E-state index contributed by atoms with van der Waals surface area (Å²) in [6, 6.07) is 9.06. The monoisotopic (exact) mass is 410 g/mol. The predicted octanol–water partition coefficient (Wildman–Crippen LogP) is 4.36. The van der Waals surface area contributed by atoms with Crippen LogP contribution in [0.3, 0.4) is 0 Å². The van der Waals surface area contributed by atoms with E-state index in [1.807, 2.05) is 12.1 Å². The van der Waals surface area contributed by atoms with Crippen molar-refractivity contribution in [2.75, 3.05) is 19.0 Å². The van der Waals surface area contributed by atoms with Crippen LogP contribution in [0, 0.1) is 11.3 Å². The number of rotatable bonds is 6. The fourth-order valence-electron chi connectivity index (χ4n) is 3.33. The van der Waals surface area contributed by atoms with Crippen LogP contribution >= 0.6 is 11.3 Å². The van der Waals surface area contributed by atoms with Gasteiger partial charge in [0.2, 0.25) is 0 Å². The molecule has 2 aromatic rings. The molecule has 0 fully saturated rings. The zero-order chi connectivity index (χ0) is 20.8.